The first-order valence-electron chi connectivity index (χ1n) is 4.85. The number of hydrogen-bond acceptors (Lipinski definition) is 1. The Kier molecular flexibility index (Phi) is 3.57. The van der Waals surface area contributed by atoms with Crippen molar-refractivity contribution in [2.75, 3.05) is 13.1 Å². The van der Waals surface area contributed by atoms with Crippen molar-refractivity contribution in [3.8, 4) is 0 Å². The minimum Gasteiger partial charge on any atom is -0.337 e. The zero-order valence-corrected chi connectivity index (χ0v) is 8.35. The third-order valence-corrected chi connectivity index (χ3v) is 2.40. The predicted molar refractivity (Wildman–Crippen MR) is 45.9 cm³/mol. The van der Waals surface area contributed by atoms with Crippen LogP contribution in [0, 0.1) is 5.92 Å². The highest BCUT2D eigenvalue weighted by Gasteiger charge is 2.51. The molecular weight excluding hydrogens is 214 g/mol. The topological polar surface area (TPSA) is 20.3 Å². The minimum absolute atomic E-state index is 0.0393. The highest BCUT2D eigenvalue weighted by Crippen LogP contribution is 2.32. The first-order chi connectivity index (χ1) is 6.89. The number of carbonyl (C=O) groups excluding carboxylic acids is 1. The van der Waals surface area contributed by atoms with Crippen molar-refractivity contribution < 1.29 is 22.4 Å². The summed E-state index contributed by atoms with van der Waals surface area (Å²) in [6, 6.07) is 0. The molecule has 1 fully saturated rings. The van der Waals surface area contributed by atoms with Crippen molar-refractivity contribution >= 4 is 5.91 Å². The second kappa shape index (κ2) is 4.37. The summed E-state index contributed by atoms with van der Waals surface area (Å²) in [5.41, 5.74) is 0. The Morgan fingerprint density at radius 2 is 2.00 bits per heavy atom. The smallest absolute Gasteiger partial charge is 0.337 e. The highest BCUT2D eigenvalue weighted by atomic mass is 19.3. The summed E-state index contributed by atoms with van der Waals surface area (Å²) < 4.78 is 49.2. The molecule has 0 N–H and O–H groups in total. The number of hydrogen-bond donors (Lipinski definition) is 0. The van der Waals surface area contributed by atoms with Gasteiger partial charge in [-0.25, -0.2) is 8.78 Å². The first kappa shape index (κ1) is 12.3. The molecule has 1 saturated carbocycles. The van der Waals surface area contributed by atoms with Crippen molar-refractivity contribution in [1.82, 2.24) is 4.90 Å². The van der Waals surface area contributed by atoms with Crippen LogP contribution in [0.1, 0.15) is 19.8 Å². The summed E-state index contributed by atoms with van der Waals surface area (Å²) in [5.74, 6) is -6.10. The monoisotopic (exact) mass is 227 g/mol. The molecule has 0 aromatic heterocycles. The summed E-state index contributed by atoms with van der Waals surface area (Å²) in [6.07, 6.45) is -2.17. The summed E-state index contributed by atoms with van der Waals surface area (Å²) in [5, 5.41) is 0. The average Bonchev–Trinajstić information content (AvgIpc) is 2.96. The zero-order chi connectivity index (χ0) is 11.6. The molecule has 0 spiro atoms. The molecule has 0 radical (unpaired) electrons. The largest absolute Gasteiger partial charge is 0.383 e. The summed E-state index contributed by atoms with van der Waals surface area (Å²) in [4.78, 5) is 11.9. The van der Waals surface area contributed by atoms with Crippen LogP contribution in [0.5, 0.6) is 0 Å². The number of rotatable bonds is 5. The van der Waals surface area contributed by atoms with Crippen LogP contribution in [-0.4, -0.2) is 36.2 Å². The van der Waals surface area contributed by atoms with E-state index < -0.39 is 18.3 Å². The summed E-state index contributed by atoms with van der Waals surface area (Å²) in [6.45, 7) is 1.71. The maximum absolute atomic E-state index is 12.7. The van der Waals surface area contributed by atoms with Gasteiger partial charge in [-0.3, -0.25) is 4.79 Å². The van der Waals surface area contributed by atoms with E-state index in [2.05, 4.69) is 0 Å². The molecule has 0 atom stereocenters. The number of nitrogens with zero attached hydrogens (tertiary/aromatic N) is 1. The third-order valence-electron chi connectivity index (χ3n) is 2.40. The van der Waals surface area contributed by atoms with Crippen LogP contribution in [0.2, 0.25) is 0 Å². The Labute approximate surface area is 85.2 Å². The van der Waals surface area contributed by atoms with Gasteiger partial charge in [0.15, 0.2) is 0 Å². The number of alkyl halides is 4. The van der Waals surface area contributed by atoms with Gasteiger partial charge in [0.1, 0.15) is 0 Å². The van der Waals surface area contributed by atoms with Crippen molar-refractivity contribution in [1.29, 1.82) is 0 Å². The minimum atomic E-state index is -4.55. The molecule has 0 aliphatic heterocycles. The van der Waals surface area contributed by atoms with Gasteiger partial charge in [-0.1, -0.05) is 0 Å². The van der Waals surface area contributed by atoms with Crippen LogP contribution >= 0.6 is 0 Å². The van der Waals surface area contributed by atoms with E-state index in [-0.39, 0.29) is 19.0 Å². The maximum Gasteiger partial charge on any atom is 0.383 e. The molecule has 1 rings (SSSR count). The van der Waals surface area contributed by atoms with Crippen LogP contribution < -0.4 is 0 Å². The first-order valence-corrected chi connectivity index (χ1v) is 4.85. The molecule has 88 valence electrons. The lowest BCUT2D eigenvalue weighted by atomic mass is 10.2. The van der Waals surface area contributed by atoms with Gasteiger partial charge in [0, 0.05) is 13.1 Å². The quantitative estimate of drug-likeness (QED) is 0.659. The van der Waals surface area contributed by atoms with E-state index >= 15 is 0 Å². The lowest BCUT2D eigenvalue weighted by molar-refractivity contribution is -0.180. The molecule has 0 saturated heterocycles. The fourth-order valence-electron chi connectivity index (χ4n) is 1.27. The van der Waals surface area contributed by atoms with E-state index in [0.717, 1.165) is 17.7 Å². The zero-order valence-electron chi connectivity index (χ0n) is 8.35. The Morgan fingerprint density at radius 3 is 2.33 bits per heavy atom. The third kappa shape index (κ3) is 2.82. The van der Waals surface area contributed by atoms with Gasteiger partial charge in [-0.05, 0) is 25.7 Å². The van der Waals surface area contributed by atoms with Crippen molar-refractivity contribution in [2.45, 2.75) is 32.1 Å². The molecule has 1 amide bonds. The molecule has 0 unspecified atom stereocenters. The van der Waals surface area contributed by atoms with E-state index in [1.807, 2.05) is 0 Å². The number of carbonyl (C=O) groups is 1. The molecule has 0 aromatic rings. The fourth-order valence-corrected chi connectivity index (χ4v) is 1.27. The second-order valence-corrected chi connectivity index (χ2v) is 3.71. The molecule has 1 aliphatic rings. The Balaban J connectivity index is 2.61. The SMILES string of the molecule is CCN(CC1CC1)C(=O)C(F)(F)C(F)F. The van der Waals surface area contributed by atoms with Gasteiger partial charge in [-0.2, -0.15) is 8.78 Å². The number of halogens is 4. The normalized spacial score (nSPS) is 16.9. The van der Waals surface area contributed by atoms with Crippen LogP contribution in [0.25, 0.3) is 0 Å². The molecule has 15 heavy (non-hydrogen) atoms. The van der Waals surface area contributed by atoms with Crippen molar-refractivity contribution in [2.24, 2.45) is 5.92 Å². The van der Waals surface area contributed by atoms with Gasteiger partial charge in [0.2, 0.25) is 0 Å². The lowest BCUT2D eigenvalue weighted by Crippen LogP contribution is -2.48. The van der Waals surface area contributed by atoms with Crippen LogP contribution in [-0.2, 0) is 4.79 Å². The highest BCUT2D eigenvalue weighted by molar-refractivity contribution is 5.84. The molecule has 0 heterocycles. The van der Waals surface area contributed by atoms with Crippen LogP contribution in [0.4, 0.5) is 17.6 Å². The fraction of sp³-hybridized carbons (Fsp3) is 0.889. The van der Waals surface area contributed by atoms with Crippen molar-refractivity contribution in [3.63, 3.8) is 0 Å². The molecule has 0 bridgehead atoms. The summed E-state index contributed by atoms with van der Waals surface area (Å²) >= 11 is 0. The lowest BCUT2D eigenvalue weighted by Gasteiger charge is -2.25. The average molecular weight is 227 g/mol. The second-order valence-electron chi connectivity index (χ2n) is 3.71. The van der Waals surface area contributed by atoms with Gasteiger partial charge in [-0.15, -0.1) is 0 Å². The Morgan fingerprint density at radius 1 is 1.47 bits per heavy atom. The van der Waals surface area contributed by atoms with E-state index in [1.54, 1.807) is 0 Å². The Hall–Kier alpha value is -0.810. The molecular formula is C9H13F4NO. The van der Waals surface area contributed by atoms with E-state index in [9.17, 15) is 22.4 Å². The molecule has 1 aliphatic carbocycles. The predicted octanol–water partition coefficient (Wildman–Crippen LogP) is 2.15. The summed E-state index contributed by atoms with van der Waals surface area (Å²) in [7, 11) is 0. The van der Waals surface area contributed by atoms with E-state index in [4.69, 9.17) is 0 Å². The van der Waals surface area contributed by atoms with E-state index in [0.29, 0.717) is 0 Å². The van der Waals surface area contributed by atoms with Gasteiger partial charge < -0.3 is 4.90 Å². The van der Waals surface area contributed by atoms with Crippen LogP contribution in [0.15, 0.2) is 0 Å². The Bertz CT molecular complexity index is 240. The van der Waals surface area contributed by atoms with Gasteiger partial charge in [0.05, 0.1) is 0 Å². The van der Waals surface area contributed by atoms with Crippen molar-refractivity contribution in [3.05, 3.63) is 0 Å². The molecule has 0 aromatic carbocycles. The van der Waals surface area contributed by atoms with E-state index in [1.165, 1.54) is 6.92 Å². The van der Waals surface area contributed by atoms with Gasteiger partial charge in [0.25, 0.3) is 5.91 Å². The number of amides is 1. The maximum atomic E-state index is 12.7. The molecule has 2 nitrogen and oxygen atoms in total. The standard InChI is InChI=1S/C9H13F4NO/c1-2-14(5-6-3-4-6)8(15)9(12,13)7(10)11/h6-7H,2-5H2,1H3. The molecule has 6 heteroatoms. The van der Waals surface area contributed by atoms with Gasteiger partial charge >= 0.3 is 12.3 Å². The van der Waals surface area contributed by atoms with Crippen LogP contribution in [0.3, 0.4) is 0 Å².